The van der Waals surface area contributed by atoms with Gasteiger partial charge in [0, 0.05) is 11.9 Å². The van der Waals surface area contributed by atoms with E-state index in [1.165, 1.54) is 0 Å². The van der Waals surface area contributed by atoms with E-state index in [1.807, 2.05) is 13.0 Å². The Morgan fingerprint density at radius 1 is 1.30 bits per heavy atom. The van der Waals surface area contributed by atoms with Gasteiger partial charge in [-0.15, -0.1) is 0 Å². The summed E-state index contributed by atoms with van der Waals surface area (Å²) >= 11 is 0. The molecule has 0 aliphatic rings. The van der Waals surface area contributed by atoms with Gasteiger partial charge in [-0.1, -0.05) is 13.8 Å². The van der Waals surface area contributed by atoms with E-state index in [9.17, 15) is 10.1 Å². The zero-order valence-corrected chi connectivity index (χ0v) is 13.7. The molecular formula is C15H27BO4. The van der Waals surface area contributed by atoms with Crippen LogP contribution in [0.15, 0.2) is 10.5 Å². The average Bonchev–Trinajstić information content (AvgIpc) is 2.55. The summed E-state index contributed by atoms with van der Waals surface area (Å²) in [5.74, 6) is 1.98. The Labute approximate surface area is 122 Å². The van der Waals surface area contributed by atoms with Crippen LogP contribution in [-0.2, 0) is 11.1 Å². The van der Waals surface area contributed by atoms with E-state index < -0.39 is 18.3 Å². The first-order chi connectivity index (χ1) is 8.94. The molecule has 0 atom stereocenters. The maximum atomic E-state index is 10.3. The van der Waals surface area contributed by atoms with E-state index in [4.69, 9.17) is 9.07 Å². The molecule has 0 amide bonds. The molecule has 5 heteroatoms. The zero-order chi connectivity index (χ0) is 15.7. The first-order valence-electron chi connectivity index (χ1n) is 7.11. The molecule has 0 radical (unpaired) electrons. The van der Waals surface area contributed by atoms with Crippen molar-refractivity contribution in [1.82, 2.24) is 0 Å². The standard InChI is InChI=1S/C15H27BO4/c1-10(2)8-12-9-13(11(3)19-12)16(18)20-15(6,7)14(4,5)17/h9-10,17-18H,8H2,1-7H3. The fourth-order valence-electron chi connectivity index (χ4n) is 1.79. The Hall–Kier alpha value is -0.775. The topological polar surface area (TPSA) is 62.8 Å². The van der Waals surface area contributed by atoms with Crippen molar-refractivity contribution in [3.05, 3.63) is 17.6 Å². The predicted octanol–water partition coefficient (Wildman–Crippen LogP) is 2.04. The second-order valence-corrected chi connectivity index (χ2v) is 6.86. The highest BCUT2D eigenvalue weighted by Crippen LogP contribution is 2.25. The lowest BCUT2D eigenvalue weighted by molar-refractivity contribution is -0.0982. The van der Waals surface area contributed by atoms with Crippen LogP contribution < -0.4 is 5.46 Å². The van der Waals surface area contributed by atoms with Crippen LogP contribution >= 0.6 is 0 Å². The summed E-state index contributed by atoms with van der Waals surface area (Å²) in [5.41, 5.74) is -1.32. The van der Waals surface area contributed by atoms with Crippen molar-refractivity contribution in [3.8, 4) is 0 Å². The van der Waals surface area contributed by atoms with E-state index in [2.05, 4.69) is 13.8 Å². The van der Waals surface area contributed by atoms with Crippen molar-refractivity contribution in [1.29, 1.82) is 0 Å². The van der Waals surface area contributed by atoms with E-state index in [-0.39, 0.29) is 0 Å². The summed E-state index contributed by atoms with van der Waals surface area (Å²) in [4.78, 5) is 0. The van der Waals surface area contributed by atoms with Gasteiger partial charge in [0.2, 0.25) is 0 Å². The Bertz CT molecular complexity index is 443. The van der Waals surface area contributed by atoms with Crippen molar-refractivity contribution < 1.29 is 19.2 Å². The summed E-state index contributed by atoms with van der Waals surface area (Å²) in [5, 5.41) is 20.3. The third-order valence-corrected chi connectivity index (χ3v) is 3.76. The summed E-state index contributed by atoms with van der Waals surface area (Å²) in [7, 11) is -1.11. The van der Waals surface area contributed by atoms with Gasteiger partial charge >= 0.3 is 7.12 Å². The lowest BCUT2D eigenvalue weighted by atomic mass is 9.76. The van der Waals surface area contributed by atoms with Gasteiger partial charge in [-0.25, -0.2) is 0 Å². The van der Waals surface area contributed by atoms with Crippen molar-refractivity contribution in [2.24, 2.45) is 5.92 Å². The van der Waals surface area contributed by atoms with Gasteiger partial charge in [-0.3, -0.25) is 0 Å². The molecule has 114 valence electrons. The van der Waals surface area contributed by atoms with E-state index in [0.717, 1.165) is 12.2 Å². The Morgan fingerprint density at radius 2 is 1.85 bits per heavy atom. The van der Waals surface area contributed by atoms with Crippen molar-refractivity contribution in [2.75, 3.05) is 0 Å². The third-order valence-electron chi connectivity index (χ3n) is 3.76. The van der Waals surface area contributed by atoms with E-state index in [0.29, 0.717) is 17.1 Å². The highest BCUT2D eigenvalue weighted by Gasteiger charge is 2.40. The van der Waals surface area contributed by atoms with Crippen LogP contribution in [0.2, 0.25) is 0 Å². The number of hydrogen-bond donors (Lipinski definition) is 2. The molecule has 0 unspecified atom stereocenters. The number of hydrogen-bond acceptors (Lipinski definition) is 4. The molecule has 0 bridgehead atoms. The fourth-order valence-corrected chi connectivity index (χ4v) is 1.79. The number of aryl methyl sites for hydroxylation is 1. The molecule has 0 aromatic carbocycles. The van der Waals surface area contributed by atoms with Crippen molar-refractivity contribution in [3.63, 3.8) is 0 Å². The monoisotopic (exact) mass is 282 g/mol. The Kier molecular flexibility index (Phi) is 5.11. The predicted molar refractivity (Wildman–Crippen MR) is 81.1 cm³/mol. The largest absolute Gasteiger partial charge is 0.495 e. The summed E-state index contributed by atoms with van der Waals surface area (Å²) in [6.07, 6.45) is 0.822. The van der Waals surface area contributed by atoms with Gasteiger partial charge in [-0.2, -0.15) is 0 Å². The molecule has 0 fully saturated rings. The molecule has 1 aromatic rings. The molecule has 0 spiro atoms. The first kappa shape index (κ1) is 17.3. The average molecular weight is 282 g/mol. The quantitative estimate of drug-likeness (QED) is 0.784. The van der Waals surface area contributed by atoms with Gasteiger partial charge in [0.15, 0.2) is 0 Å². The fraction of sp³-hybridized carbons (Fsp3) is 0.733. The van der Waals surface area contributed by atoms with Crippen LogP contribution in [0.5, 0.6) is 0 Å². The molecular weight excluding hydrogens is 255 g/mol. The van der Waals surface area contributed by atoms with Crippen LogP contribution in [0.3, 0.4) is 0 Å². The van der Waals surface area contributed by atoms with Crippen LogP contribution in [0.4, 0.5) is 0 Å². The Balaban J connectivity index is 2.88. The Morgan fingerprint density at radius 3 is 2.30 bits per heavy atom. The van der Waals surface area contributed by atoms with Crippen LogP contribution in [0.1, 0.15) is 53.1 Å². The van der Waals surface area contributed by atoms with Crippen LogP contribution in [0, 0.1) is 12.8 Å². The maximum absolute atomic E-state index is 10.3. The lowest BCUT2D eigenvalue weighted by Crippen LogP contribution is -2.53. The second-order valence-electron chi connectivity index (χ2n) is 6.86. The molecule has 0 aliphatic carbocycles. The first-order valence-corrected chi connectivity index (χ1v) is 7.11. The van der Waals surface area contributed by atoms with Crippen molar-refractivity contribution >= 4 is 12.6 Å². The normalized spacial score (nSPS) is 13.1. The van der Waals surface area contributed by atoms with Gasteiger partial charge < -0.3 is 19.2 Å². The highest BCUT2D eigenvalue weighted by molar-refractivity contribution is 6.60. The molecule has 4 nitrogen and oxygen atoms in total. The van der Waals surface area contributed by atoms with E-state index >= 15 is 0 Å². The smallest absolute Gasteiger partial charge is 0.467 e. The second kappa shape index (κ2) is 5.92. The number of furan rings is 1. The minimum Gasteiger partial charge on any atom is -0.467 e. The minimum atomic E-state index is -1.11. The molecule has 0 aliphatic heterocycles. The van der Waals surface area contributed by atoms with Gasteiger partial charge in [-0.05, 0) is 46.6 Å². The van der Waals surface area contributed by atoms with Gasteiger partial charge in [0.1, 0.15) is 11.5 Å². The molecule has 2 N–H and O–H groups in total. The lowest BCUT2D eigenvalue weighted by Gasteiger charge is -2.38. The highest BCUT2D eigenvalue weighted by atomic mass is 16.5. The van der Waals surface area contributed by atoms with Gasteiger partial charge in [0.25, 0.3) is 0 Å². The molecule has 0 saturated heterocycles. The van der Waals surface area contributed by atoms with Crippen LogP contribution in [-0.4, -0.2) is 28.5 Å². The molecule has 1 aromatic heterocycles. The van der Waals surface area contributed by atoms with Gasteiger partial charge in [0.05, 0.1) is 11.2 Å². The molecule has 0 saturated carbocycles. The van der Waals surface area contributed by atoms with Crippen LogP contribution in [0.25, 0.3) is 0 Å². The summed E-state index contributed by atoms with van der Waals surface area (Å²) < 4.78 is 11.3. The zero-order valence-electron chi connectivity index (χ0n) is 13.7. The number of rotatable bonds is 6. The van der Waals surface area contributed by atoms with Crippen molar-refractivity contribution in [2.45, 2.75) is 66.1 Å². The minimum absolute atomic E-state index is 0.485. The number of aliphatic hydroxyl groups is 1. The molecule has 20 heavy (non-hydrogen) atoms. The molecule has 1 rings (SSSR count). The summed E-state index contributed by atoms with van der Waals surface area (Å²) in [6.45, 7) is 12.9. The SMILES string of the molecule is Cc1oc(CC(C)C)cc1B(O)OC(C)(C)C(C)(C)O. The van der Waals surface area contributed by atoms with E-state index in [1.54, 1.807) is 27.7 Å². The third kappa shape index (κ3) is 4.11. The summed E-state index contributed by atoms with van der Waals surface area (Å²) in [6, 6.07) is 1.83. The maximum Gasteiger partial charge on any atom is 0.495 e. The molecule has 1 heterocycles.